The van der Waals surface area contributed by atoms with Crippen LogP contribution in [0.25, 0.3) is 16.9 Å². The molecule has 39 heavy (non-hydrogen) atoms. The fourth-order valence-electron chi connectivity index (χ4n) is 6.42. The first-order valence-electron chi connectivity index (χ1n) is 12.4. The molecule has 0 spiro atoms. The Labute approximate surface area is 223 Å². The smallest absolute Gasteiger partial charge is 0.255 e. The van der Waals surface area contributed by atoms with Gasteiger partial charge in [0.2, 0.25) is 5.78 Å². The van der Waals surface area contributed by atoms with E-state index in [1.54, 1.807) is 44.4 Å². The SMILES string of the molecule is CC(=O)c1cccc(-c2ccc(O)c3c2C[C@@H]2C[C@@H]4[C@H](N(C)C)C(=O)C(C(N)=O)=C(O)[C@]4(O)C(=O)C2=C3O)c1. The van der Waals surface area contributed by atoms with E-state index in [0.717, 1.165) is 0 Å². The average Bonchev–Trinajstić information content (AvgIpc) is 2.86. The lowest BCUT2D eigenvalue weighted by atomic mass is 9.57. The van der Waals surface area contributed by atoms with Gasteiger partial charge in [0.15, 0.2) is 17.2 Å². The van der Waals surface area contributed by atoms with E-state index in [1.165, 1.54) is 17.9 Å². The van der Waals surface area contributed by atoms with Crippen LogP contribution in [0.15, 0.2) is 53.3 Å². The quantitative estimate of drug-likeness (QED) is 0.290. The molecule has 1 saturated carbocycles. The Morgan fingerprint density at radius 2 is 1.77 bits per heavy atom. The molecule has 1 fully saturated rings. The summed E-state index contributed by atoms with van der Waals surface area (Å²) < 4.78 is 0. The Hall–Kier alpha value is -4.28. The van der Waals surface area contributed by atoms with Crippen molar-refractivity contribution in [3.05, 3.63) is 70.0 Å². The molecule has 2 aromatic rings. The van der Waals surface area contributed by atoms with E-state index in [9.17, 15) is 39.6 Å². The molecule has 0 saturated heterocycles. The summed E-state index contributed by atoms with van der Waals surface area (Å²) in [6.07, 6.45) is 0.150. The number of nitrogens with two attached hydrogens (primary N) is 1. The van der Waals surface area contributed by atoms with E-state index in [1.807, 2.05) is 0 Å². The lowest BCUT2D eigenvalue weighted by Crippen LogP contribution is -2.65. The third-order valence-corrected chi connectivity index (χ3v) is 8.18. The third kappa shape index (κ3) is 3.63. The van der Waals surface area contributed by atoms with E-state index in [4.69, 9.17) is 5.73 Å². The second-order valence-electron chi connectivity index (χ2n) is 10.6. The van der Waals surface area contributed by atoms with E-state index in [2.05, 4.69) is 0 Å². The van der Waals surface area contributed by atoms with Crippen LogP contribution in [0.5, 0.6) is 5.75 Å². The molecule has 0 unspecified atom stereocenters. The number of aromatic hydroxyl groups is 1. The first-order valence-corrected chi connectivity index (χ1v) is 12.4. The van der Waals surface area contributed by atoms with Crippen LogP contribution in [-0.2, 0) is 20.8 Å². The Morgan fingerprint density at radius 1 is 1.08 bits per heavy atom. The number of primary amides is 1. The minimum absolute atomic E-state index is 0.00276. The second-order valence-corrected chi connectivity index (χ2v) is 10.6. The fourth-order valence-corrected chi connectivity index (χ4v) is 6.42. The van der Waals surface area contributed by atoms with E-state index >= 15 is 0 Å². The molecular weight excluding hydrogens is 504 g/mol. The van der Waals surface area contributed by atoms with Crippen molar-refractivity contribution >= 4 is 29.0 Å². The summed E-state index contributed by atoms with van der Waals surface area (Å²) in [5.74, 6) is -7.12. The summed E-state index contributed by atoms with van der Waals surface area (Å²) in [6, 6.07) is 8.76. The predicted molar refractivity (Wildman–Crippen MR) is 140 cm³/mol. The Balaban J connectivity index is 1.73. The van der Waals surface area contributed by atoms with Crippen LogP contribution < -0.4 is 5.73 Å². The van der Waals surface area contributed by atoms with Gasteiger partial charge in [0.05, 0.1) is 11.6 Å². The first kappa shape index (κ1) is 26.3. The van der Waals surface area contributed by atoms with Gasteiger partial charge in [0.25, 0.3) is 5.91 Å². The molecule has 0 aromatic heterocycles. The predicted octanol–water partition coefficient (Wildman–Crippen LogP) is 1.83. The summed E-state index contributed by atoms with van der Waals surface area (Å²) in [6.45, 7) is 1.45. The maximum absolute atomic E-state index is 13.9. The number of aliphatic hydroxyl groups is 3. The number of fused-ring (bicyclic) bond motifs is 3. The Kier molecular flexibility index (Phi) is 6.00. The van der Waals surface area contributed by atoms with Crippen LogP contribution in [-0.4, -0.2) is 74.3 Å². The van der Waals surface area contributed by atoms with Crippen LogP contribution in [0.4, 0.5) is 0 Å². The summed E-state index contributed by atoms with van der Waals surface area (Å²) in [4.78, 5) is 52.6. The molecule has 4 atom stereocenters. The molecule has 1 amide bonds. The van der Waals surface area contributed by atoms with Crippen molar-refractivity contribution in [2.75, 3.05) is 14.1 Å². The largest absolute Gasteiger partial charge is 0.508 e. The molecule has 6 N–H and O–H groups in total. The number of ketones is 3. The molecular formula is C29H28N2O8. The standard InChI is InChI=1S/C29H28N2O8/c1-12(32)13-5-4-6-14(9-13)16-7-8-19(33)21-17(16)10-15-11-18-23(31(2)3)25(35)22(28(30)38)27(37)29(18,39)26(36)20(15)24(21)34/h4-9,15,18,23,33-34,37,39H,10-11H2,1-3H3,(H2,30,38)/t15-,18-,23+,29-/m1/s1. The van der Waals surface area contributed by atoms with Gasteiger partial charge in [-0.2, -0.15) is 0 Å². The van der Waals surface area contributed by atoms with Crippen LogP contribution >= 0.6 is 0 Å². The van der Waals surface area contributed by atoms with E-state index < -0.39 is 58.0 Å². The highest BCUT2D eigenvalue weighted by molar-refractivity contribution is 6.24. The number of rotatable bonds is 4. The lowest BCUT2D eigenvalue weighted by Gasteiger charge is -2.50. The molecule has 0 bridgehead atoms. The zero-order valence-electron chi connectivity index (χ0n) is 21.6. The van der Waals surface area contributed by atoms with Crippen molar-refractivity contribution in [3.8, 4) is 16.9 Å². The van der Waals surface area contributed by atoms with E-state index in [-0.39, 0.29) is 35.5 Å². The number of nitrogens with zero attached hydrogens (tertiary/aromatic N) is 1. The number of aliphatic hydroxyl groups excluding tert-OH is 2. The van der Waals surface area contributed by atoms with Crippen LogP contribution in [0, 0.1) is 11.8 Å². The minimum atomic E-state index is -2.69. The molecule has 5 rings (SSSR count). The van der Waals surface area contributed by atoms with Gasteiger partial charge in [-0.1, -0.05) is 24.3 Å². The van der Waals surface area contributed by atoms with Crippen molar-refractivity contribution < 1.29 is 39.6 Å². The number of phenolic OH excluding ortho intramolecular Hbond substituents is 1. The Morgan fingerprint density at radius 3 is 2.38 bits per heavy atom. The van der Waals surface area contributed by atoms with Crippen LogP contribution in [0.2, 0.25) is 0 Å². The Bertz CT molecular complexity index is 1550. The van der Waals surface area contributed by atoms with Crippen LogP contribution in [0.1, 0.15) is 34.8 Å². The summed E-state index contributed by atoms with van der Waals surface area (Å²) in [7, 11) is 3.09. The van der Waals surface area contributed by atoms with E-state index in [0.29, 0.717) is 22.3 Å². The highest BCUT2D eigenvalue weighted by Gasteiger charge is 2.64. The van der Waals surface area contributed by atoms with Gasteiger partial charge >= 0.3 is 0 Å². The van der Waals surface area contributed by atoms with Gasteiger partial charge in [-0.3, -0.25) is 24.1 Å². The highest BCUT2D eigenvalue weighted by Crippen LogP contribution is 2.53. The molecule has 202 valence electrons. The number of Topliss-reactive ketones (excluding diaryl/α,β-unsaturated/α-hetero) is 3. The number of hydrogen-bond donors (Lipinski definition) is 5. The average molecular weight is 533 g/mol. The van der Waals surface area contributed by atoms with Gasteiger partial charge in [-0.15, -0.1) is 0 Å². The van der Waals surface area contributed by atoms with Gasteiger partial charge in [-0.05, 0) is 68.6 Å². The molecule has 2 aromatic carbocycles. The minimum Gasteiger partial charge on any atom is -0.508 e. The first-order chi connectivity index (χ1) is 18.3. The van der Waals surface area contributed by atoms with Crippen molar-refractivity contribution in [1.82, 2.24) is 4.90 Å². The monoisotopic (exact) mass is 532 g/mol. The van der Waals surface area contributed by atoms with Gasteiger partial charge in [-0.25, -0.2) is 0 Å². The molecule has 10 heteroatoms. The molecule has 3 aliphatic carbocycles. The number of carbonyl (C=O) groups excluding carboxylic acids is 4. The number of hydrogen-bond acceptors (Lipinski definition) is 9. The topological polar surface area (TPSA) is 178 Å². The molecule has 0 aliphatic heterocycles. The maximum atomic E-state index is 13.9. The molecule has 0 heterocycles. The van der Waals surface area contributed by atoms with Gasteiger partial charge in [0.1, 0.15) is 22.8 Å². The summed E-state index contributed by atoms with van der Waals surface area (Å²) in [5.41, 5.74) is 3.89. The molecule has 3 aliphatic rings. The summed E-state index contributed by atoms with van der Waals surface area (Å²) in [5, 5.41) is 44.7. The fraction of sp³-hybridized carbons (Fsp3) is 0.310. The number of likely N-dealkylation sites (N-methyl/N-ethyl adjacent to an activating group) is 1. The number of amides is 1. The number of phenols is 1. The lowest BCUT2D eigenvalue weighted by molar-refractivity contribution is -0.153. The second kappa shape index (κ2) is 8.89. The van der Waals surface area contributed by atoms with Crippen molar-refractivity contribution in [1.29, 1.82) is 0 Å². The zero-order chi connectivity index (χ0) is 28.5. The number of carbonyl (C=O) groups is 4. The summed E-state index contributed by atoms with van der Waals surface area (Å²) >= 11 is 0. The molecule has 0 radical (unpaired) electrons. The van der Waals surface area contributed by atoms with Gasteiger partial charge in [0, 0.05) is 17.1 Å². The third-order valence-electron chi connectivity index (χ3n) is 8.18. The normalized spacial score (nSPS) is 26.3. The van der Waals surface area contributed by atoms with Crippen molar-refractivity contribution in [2.45, 2.75) is 31.4 Å². The maximum Gasteiger partial charge on any atom is 0.255 e. The highest BCUT2D eigenvalue weighted by atomic mass is 16.3. The van der Waals surface area contributed by atoms with Crippen molar-refractivity contribution in [2.24, 2.45) is 17.6 Å². The molecule has 10 nitrogen and oxygen atoms in total. The zero-order valence-corrected chi connectivity index (χ0v) is 21.6. The van der Waals surface area contributed by atoms with Crippen LogP contribution in [0.3, 0.4) is 0 Å². The number of benzene rings is 2. The van der Waals surface area contributed by atoms with Gasteiger partial charge < -0.3 is 26.2 Å². The van der Waals surface area contributed by atoms with Crippen molar-refractivity contribution in [3.63, 3.8) is 0 Å².